The summed E-state index contributed by atoms with van der Waals surface area (Å²) in [5.74, 6) is 0.294. The Balaban J connectivity index is 2.41. The van der Waals surface area contributed by atoms with Crippen molar-refractivity contribution in [1.29, 1.82) is 0 Å². The number of aromatic nitrogens is 1. The molecular weight excluding hydrogens is 230 g/mol. The SMILES string of the molecule is COC(=O)CNc1nccc2c(N)cc(C)cc12. The fourth-order valence-corrected chi connectivity index (χ4v) is 1.83. The molecular formula is C13H15N3O2. The maximum absolute atomic E-state index is 11.1. The average Bonchev–Trinajstić information content (AvgIpc) is 2.36. The first-order valence-electron chi connectivity index (χ1n) is 5.57. The lowest BCUT2D eigenvalue weighted by molar-refractivity contribution is -0.138. The van der Waals surface area contributed by atoms with Crippen molar-refractivity contribution >= 4 is 28.2 Å². The molecule has 0 saturated carbocycles. The van der Waals surface area contributed by atoms with Crippen molar-refractivity contribution in [3.8, 4) is 0 Å². The first-order valence-corrected chi connectivity index (χ1v) is 5.57. The van der Waals surface area contributed by atoms with Crippen LogP contribution in [0.4, 0.5) is 11.5 Å². The summed E-state index contributed by atoms with van der Waals surface area (Å²) in [6.07, 6.45) is 1.66. The lowest BCUT2D eigenvalue weighted by Gasteiger charge is -2.10. The Morgan fingerprint density at radius 2 is 2.22 bits per heavy atom. The van der Waals surface area contributed by atoms with Gasteiger partial charge in [-0.2, -0.15) is 0 Å². The summed E-state index contributed by atoms with van der Waals surface area (Å²) in [6, 6.07) is 5.75. The molecule has 1 heterocycles. The highest BCUT2D eigenvalue weighted by Crippen LogP contribution is 2.27. The minimum atomic E-state index is -0.338. The molecule has 3 N–H and O–H groups in total. The number of carbonyl (C=O) groups is 1. The number of aryl methyl sites for hydroxylation is 1. The van der Waals surface area contributed by atoms with Gasteiger partial charge in [0.25, 0.3) is 0 Å². The van der Waals surface area contributed by atoms with Crippen molar-refractivity contribution in [3.63, 3.8) is 0 Å². The molecule has 0 aliphatic heterocycles. The van der Waals surface area contributed by atoms with Crippen LogP contribution in [0.15, 0.2) is 24.4 Å². The standard InChI is InChI=1S/C13H15N3O2/c1-8-5-10-9(11(14)6-8)3-4-15-13(10)16-7-12(17)18-2/h3-6H,7,14H2,1-2H3,(H,15,16). The maximum atomic E-state index is 11.1. The van der Waals surface area contributed by atoms with Crippen LogP contribution in [-0.4, -0.2) is 24.6 Å². The second-order valence-corrected chi connectivity index (χ2v) is 4.04. The number of pyridine rings is 1. The number of methoxy groups -OCH3 is 1. The van der Waals surface area contributed by atoms with E-state index in [-0.39, 0.29) is 12.5 Å². The van der Waals surface area contributed by atoms with Crippen LogP contribution in [0.5, 0.6) is 0 Å². The van der Waals surface area contributed by atoms with E-state index in [1.165, 1.54) is 7.11 Å². The molecule has 0 aliphatic rings. The predicted octanol–water partition coefficient (Wildman–Crippen LogP) is 1.71. The third-order valence-electron chi connectivity index (χ3n) is 2.68. The summed E-state index contributed by atoms with van der Waals surface area (Å²) in [5, 5.41) is 4.77. The predicted molar refractivity (Wildman–Crippen MR) is 71.4 cm³/mol. The van der Waals surface area contributed by atoms with Crippen LogP contribution in [-0.2, 0) is 9.53 Å². The highest BCUT2D eigenvalue weighted by Gasteiger charge is 2.07. The van der Waals surface area contributed by atoms with E-state index < -0.39 is 0 Å². The first kappa shape index (κ1) is 12.2. The zero-order valence-electron chi connectivity index (χ0n) is 10.4. The van der Waals surface area contributed by atoms with E-state index in [2.05, 4.69) is 15.0 Å². The fourth-order valence-electron chi connectivity index (χ4n) is 1.83. The largest absolute Gasteiger partial charge is 0.468 e. The van der Waals surface area contributed by atoms with Gasteiger partial charge in [-0.15, -0.1) is 0 Å². The second-order valence-electron chi connectivity index (χ2n) is 4.04. The van der Waals surface area contributed by atoms with Gasteiger partial charge in [0.2, 0.25) is 0 Å². The number of hydrogen-bond acceptors (Lipinski definition) is 5. The van der Waals surface area contributed by atoms with Gasteiger partial charge >= 0.3 is 5.97 Å². The Morgan fingerprint density at radius 3 is 2.94 bits per heavy atom. The average molecular weight is 245 g/mol. The Hall–Kier alpha value is -2.30. The lowest BCUT2D eigenvalue weighted by atomic mass is 10.1. The highest BCUT2D eigenvalue weighted by atomic mass is 16.5. The van der Waals surface area contributed by atoms with Gasteiger partial charge in [-0.1, -0.05) is 0 Å². The van der Waals surface area contributed by atoms with Gasteiger partial charge < -0.3 is 15.8 Å². The van der Waals surface area contributed by atoms with Gasteiger partial charge in [-0.3, -0.25) is 4.79 Å². The quantitative estimate of drug-likeness (QED) is 0.636. The molecule has 0 unspecified atom stereocenters. The summed E-state index contributed by atoms with van der Waals surface area (Å²) in [7, 11) is 1.35. The molecule has 0 amide bonds. The molecule has 0 fully saturated rings. The molecule has 0 aliphatic carbocycles. The van der Waals surface area contributed by atoms with Crippen LogP contribution < -0.4 is 11.1 Å². The lowest BCUT2D eigenvalue weighted by Crippen LogP contribution is -2.15. The number of nitrogens with two attached hydrogens (primary N) is 1. The zero-order chi connectivity index (χ0) is 13.1. The number of hydrogen-bond donors (Lipinski definition) is 2. The molecule has 5 nitrogen and oxygen atoms in total. The van der Waals surface area contributed by atoms with Crippen LogP contribution in [0.2, 0.25) is 0 Å². The van der Waals surface area contributed by atoms with E-state index in [0.29, 0.717) is 11.5 Å². The minimum Gasteiger partial charge on any atom is -0.468 e. The molecule has 5 heteroatoms. The molecule has 94 valence electrons. The van der Waals surface area contributed by atoms with Crippen molar-refractivity contribution in [1.82, 2.24) is 4.98 Å². The van der Waals surface area contributed by atoms with Crippen molar-refractivity contribution in [2.75, 3.05) is 24.7 Å². The number of nitrogens with zero attached hydrogens (tertiary/aromatic N) is 1. The third-order valence-corrected chi connectivity index (χ3v) is 2.68. The number of anilines is 2. The van der Waals surface area contributed by atoms with Gasteiger partial charge in [-0.25, -0.2) is 4.98 Å². The van der Waals surface area contributed by atoms with E-state index in [0.717, 1.165) is 16.3 Å². The van der Waals surface area contributed by atoms with Crippen LogP contribution in [0.1, 0.15) is 5.56 Å². The number of fused-ring (bicyclic) bond motifs is 1. The maximum Gasteiger partial charge on any atom is 0.325 e. The minimum absolute atomic E-state index is 0.0798. The summed E-state index contributed by atoms with van der Waals surface area (Å²) >= 11 is 0. The zero-order valence-corrected chi connectivity index (χ0v) is 10.4. The van der Waals surface area contributed by atoms with Crippen LogP contribution in [0.25, 0.3) is 10.8 Å². The topological polar surface area (TPSA) is 77.2 Å². The number of benzene rings is 1. The number of nitrogens with one attached hydrogen (secondary N) is 1. The van der Waals surface area contributed by atoms with Crippen molar-refractivity contribution in [3.05, 3.63) is 30.0 Å². The Kier molecular flexibility index (Phi) is 3.32. The van der Waals surface area contributed by atoms with E-state index in [4.69, 9.17) is 5.73 Å². The number of esters is 1. The molecule has 2 rings (SSSR count). The molecule has 0 saturated heterocycles. The van der Waals surface area contributed by atoms with E-state index >= 15 is 0 Å². The van der Waals surface area contributed by atoms with Gasteiger partial charge in [-0.05, 0) is 30.7 Å². The van der Waals surface area contributed by atoms with Crippen LogP contribution in [0.3, 0.4) is 0 Å². The van der Waals surface area contributed by atoms with Crippen molar-refractivity contribution in [2.45, 2.75) is 6.92 Å². The Morgan fingerprint density at radius 1 is 1.44 bits per heavy atom. The smallest absolute Gasteiger partial charge is 0.325 e. The van der Waals surface area contributed by atoms with E-state index in [1.54, 1.807) is 6.20 Å². The molecule has 0 atom stereocenters. The summed E-state index contributed by atoms with van der Waals surface area (Å²) in [5.41, 5.74) is 7.71. The summed E-state index contributed by atoms with van der Waals surface area (Å²) in [4.78, 5) is 15.3. The first-order chi connectivity index (χ1) is 8.61. The summed E-state index contributed by atoms with van der Waals surface area (Å²) < 4.78 is 4.58. The van der Waals surface area contributed by atoms with Crippen molar-refractivity contribution < 1.29 is 9.53 Å². The molecule has 18 heavy (non-hydrogen) atoms. The fraction of sp³-hybridized carbons (Fsp3) is 0.231. The number of carbonyl (C=O) groups excluding carboxylic acids is 1. The van der Waals surface area contributed by atoms with Crippen LogP contribution in [0, 0.1) is 6.92 Å². The van der Waals surface area contributed by atoms with Gasteiger partial charge in [0.05, 0.1) is 7.11 Å². The van der Waals surface area contributed by atoms with Crippen molar-refractivity contribution in [2.24, 2.45) is 0 Å². The highest BCUT2D eigenvalue weighted by molar-refractivity contribution is 6.00. The second kappa shape index (κ2) is 4.91. The molecule has 0 bridgehead atoms. The van der Waals surface area contributed by atoms with Gasteiger partial charge in [0.1, 0.15) is 12.4 Å². The number of ether oxygens (including phenoxy) is 1. The molecule has 2 aromatic rings. The third kappa shape index (κ3) is 2.34. The van der Waals surface area contributed by atoms with E-state index in [9.17, 15) is 4.79 Å². The van der Waals surface area contributed by atoms with Gasteiger partial charge in [0, 0.05) is 22.7 Å². The van der Waals surface area contributed by atoms with E-state index in [1.807, 2.05) is 25.1 Å². The number of rotatable bonds is 3. The molecule has 1 aromatic heterocycles. The molecule has 0 spiro atoms. The Bertz CT molecular complexity index is 596. The molecule has 0 radical (unpaired) electrons. The molecule has 1 aromatic carbocycles. The summed E-state index contributed by atoms with van der Waals surface area (Å²) in [6.45, 7) is 2.04. The monoisotopic (exact) mass is 245 g/mol. The van der Waals surface area contributed by atoms with Gasteiger partial charge in [0.15, 0.2) is 0 Å². The van der Waals surface area contributed by atoms with Crippen LogP contribution >= 0.6 is 0 Å². The number of nitrogen functional groups attached to an aromatic ring is 1. The normalized spacial score (nSPS) is 10.3. The Labute approximate surface area is 105 Å².